The van der Waals surface area contributed by atoms with Gasteiger partial charge in [0, 0.05) is 16.8 Å². The highest BCUT2D eigenvalue weighted by Crippen LogP contribution is 2.36. The molecular formula is C23H17ClN2O5. The maximum absolute atomic E-state index is 13.2. The molecule has 3 heterocycles. The summed E-state index contributed by atoms with van der Waals surface area (Å²) in [6, 6.07) is 15.5. The topological polar surface area (TPSA) is 81.0 Å². The van der Waals surface area contributed by atoms with Gasteiger partial charge in [-0.3, -0.25) is 14.5 Å². The number of benzene rings is 2. The summed E-state index contributed by atoms with van der Waals surface area (Å²) in [5.41, 5.74) is 1.63. The number of carbonyl (C=O) groups excluding carboxylic acids is 2. The summed E-state index contributed by atoms with van der Waals surface area (Å²) < 4.78 is 16.5. The van der Waals surface area contributed by atoms with Crippen LogP contribution in [0.1, 0.15) is 11.3 Å². The van der Waals surface area contributed by atoms with E-state index in [4.69, 9.17) is 25.5 Å². The number of hydrogen-bond donors (Lipinski definition) is 1. The highest BCUT2D eigenvalue weighted by Gasteiger charge is 2.39. The van der Waals surface area contributed by atoms with Crippen LogP contribution in [0.2, 0.25) is 5.02 Å². The Labute approximate surface area is 182 Å². The third kappa shape index (κ3) is 3.64. The second-order valence-electron chi connectivity index (χ2n) is 7.02. The Bertz CT molecular complexity index is 1190. The number of carbonyl (C=O) groups is 2. The molecule has 1 aromatic heterocycles. The second-order valence-corrected chi connectivity index (χ2v) is 7.45. The van der Waals surface area contributed by atoms with E-state index in [2.05, 4.69) is 5.32 Å². The van der Waals surface area contributed by atoms with Crippen LogP contribution in [-0.2, 0) is 16.1 Å². The number of amides is 2. The fraction of sp³-hybridized carbons (Fsp3) is 0.130. The van der Waals surface area contributed by atoms with Gasteiger partial charge in [-0.15, -0.1) is 0 Å². The molecule has 8 heteroatoms. The third-order valence-electron chi connectivity index (χ3n) is 5.01. The first-order valence-electron chi connectivity index (χ1n) is 9.65. The van der Waals surface area contributed by atoms with Gasteiger partial charge in [0.2, 0.25) is 0 Å². The Morgan fingerprint density at radius 1 is 0.935 bits per heavy atom. The number of fused-ring (bicyclic) bond motifs is 1. The Kier molecular flexibility index (Phi) is 4.88. The van der Waals surface area contributed by atoms with Crippen molar-refractivity contribution >= 4 is 34.7 Å². The summed E-state index contributed by atoms with van der Waals surface area (Å²) >= 11 is 6.01. The Morgan fingerprint density at radius 2 is 1.71 bits per heavy atom. The van der Waals surface area contributed by atoms with Gasteiger partial charge in [0.1, 0.15) is 24.7 Å². The van der Waals surface area contributed by atoms with E-state index < -0.39 is 11.8 Å². The molecule has 2 aromatic carbocycles. The lowest BCUT2D eigenvalue weighted by molar-refractivity contribution is -0.137. The van der Waals surface area contributed by atoms with Crippen molar-refractivity contribution in [3.8, 4) is 11.5 Å². The van der Waals surface area contributed by atoms with Gasteiger partial charge in [0.25, 0.3) is 11.8 Å². The second kappa shape index (κ2) is 7.85. The summed E-state index contributed by atoms with van der Waals surface area (Å²) in [7, 11) is 0. The normalized spacial score (nSPS) is 15.6. The van der Waals surface area contributed by atoms with E-state index >= 15 is 0 Å². The average molecular weight is 437 g/mol. The number of nitrogens with zero attached hydrogens (tertiary/aromatic N) is 1. The molecule has 0 bridgehead atoms. The van der Waals surface area contributed by atoms with Gasteiger partial charge < -0.3 is 19.2 Å². The summed E-state index contributed by atoms with van der Waals surface area (Å²) in [5.74, 6) is 0.869. The minimum absolute atomic E-state index is 0.0358. The van der Waals surface area contributed by atoms with Gasteiger partial charge in [0.15, 0.2) is 11.5 Å². The summed E-state index contributed by atoms with van der Waals surface area (Å²) in [6.45, 7) is 0.970. The van der Waals surface area contributed by atoms with Crippen molar-refractivity contribution < 1.29 is 23.5 Å². The van der Waals surface area contributed by atoms with Crippen LogP contribution in [-0.4, -0.2) is 29.9 Å². The van der Waals surface area contributed by atoms with Crippen LogP contribution >= 0.6 is 11.6 Å². The molecule has 0 saturated carbocycles. The van der Waals surface area contributed by atoms with Crippen molar-refractivity contribution in [1.82, 2.24) is 4.90 Å². The number of imide groups is 1. The molecule has 3 aromatic rings. The minimum Gasteiger partial charge on any atom is -0.486 e. The molecule has 0 spiro atoms. The predicted molar refractivity (Wildman–Crippen MR) is 114 cm³/mol. The fourth-order valence-corrected chi connectivity index (χ4v) is 3.67. The SMILES string of the molecule is O=C1C(Nc2ccc3c(c2)OCCO3)=C(c2ccc(Cl)cc2)C(=O)N1Cc1ccco1. The molecule has 0 atom stereocenters. The van der Waals surface area contributed by atoms with E-state index in [1.54, 1.807) is 54.6 Å². The molecule has 156 valence electrons. The van der Waals surface area contributed by atoms with Gasteiger partial charge >= 0.3 is 0 Å². The average Bonchev–Trinajstić information content (AvgIpc) is 3.38. The van der Waals surface area contributed by atoms with Crippen LogP contribution in [0, 0.1) is 0 Å². The standard InChI is InChI=1S/C23H17ClN2O5/c24-15-5-3-14(4-6-15)20-21(23(28)26(22(20)27)13-17-2-1-9-29-17)25-16-7-8-18-19(12-16)31-11-10-30-18/h1-9,12,25H,10-11,13H2. The van der Waals surface area contributed by atoms with Crippen LogP contribution in [0.4, 0.5) is 5.69 Å². The lowest BCUT2D eigenvalue weighted by atomic mass is 10.0. The van der Waals surface area contributed by atoms with Gasteiger partial charge in [-0.25, -0.2) is 0 Å². The zero-order valence-corrected chi connectivity index (χ0v) is 17.0. The molecule has 0 fully saturated rings. The third-order valence-corrected chi connectivity index (χ3v) is 5.26. The Hall–Kier alpha value is -3.71. The van der Waals surface area contributed by atoms with Crippen molar-refractivity contribution in [2.75, 3.05) is 18.5 Å². The molecule has 31 heavy (non-hydrogen) atoms. The maximum atomic E-state index is 13.2. The summed E-state index contributed by atoms with van der Waals surface area (Å²) in [4.78, 5) is 27.7. The first kappa shape index (κ1) is 19.3. The lowest BCUT2D eigenvalue weighted by Crippen LogP contribution is -2.31. The molecule has 1 N–H and O–H groups in total. The van der Waals surface area contributed by atoms with Crippen LogP contribution in [0.25, 0.3) is 5.57 Å². The van der Waals surface area contributed by atoms with Crippen molar-refractivity contribution in [3.05, 3.63) is 82.9 Å². The fourth-order valence-electron chi connectivity index (χ4n) is 3.54. The van der Waals surface area contributed by atoms with Crippen LogP contribution in [0.15, 0.2) is 71.0 Å². The van der Waals surface area contributed by atoms with Crippen molar-refractivity contribution in [1.29, 1.82) is 0 Å². The molecule has 7 nitrogen and oxygen atoms in total. The predicted octanol–water partition coefficient (Wildman–Crippen LogP) is 4.10. The largest absolute Gasteiger partial charge is 0.486 e. The maximum Gasteiger partial charge on any atom is 0.278 e. The Morgan fingerprint density at radius 3 is 2.45 bits per heavy atom. The van der Waals surface area contributed by atoms with E-state index in [-0.39, 0.29) is 17.8 Å². The van der Waals surface area contributed by atoms with E-state index in [9.17, 15) is 9.59 Å². The molecule has 2 aliphatic heterocycles. The molecule has 0 unspecified atom stereocenters. The molecule has 0 saturated heterocycles. The van der Waals surface area contributed by atoms with Crippen LogP contribution < -0.4 is 14.8 Å². The number of ether oxygens (including phenoxy) is 2. The number of nitrogens with one attached hydrogen (secondary N) is 1. The molecule has 5 rings (SSSR count). The van der Waals surface area contributed by atoms with Crippen LogP contribution in [0.3, 0.4) is 0 Å². The highest BCUT2D eigenvalue weighted by atomic mass is 35.5. The summed E-state index contributed by atoms with van der Waals surface area (Å²) in [6.07, 6.45) is 1.50. The Balaban J connectivity index is 1.53. The van der Waals surface area contributed by atoms with E-state index in [0.29, 0.717) is 46.7 Å². The monoisotopic (exact) mass is 436 g/mol. The quantitative estimate of drug-likeness (QED) is 0.606. The highest BCUT2D eigenvalue weighted by molar-refractivity contribution is 6.36. The number of halogens is 1. The number of furan rings is 1. The van der Waals surface area contributed by atoms with Crippen molar-refractivity contribution in [3.63, 3.8) is 0 Å². The summed E-state index contributed by atoms with van der Waals surface area (Å²) in [5, 5.41) is 3.65. The van der Waals surface area contributed by atoms with E-state index in [1.807, 2.05) is 0 Å². The van der Waals surface area contributed by atoms with Gasteiger partial charge in [-0.1, -0.05) is 23.7 Å². The molecule has 2 aliphatic rings. The van der Waals surface area contributed by atoms with Crippen molar-refractivity contribution in [2.24, 2.45) is 0 Å². The van der Waals surface area contributed by atoms with Gasteiger partial charge in [-0.05, 0) is 42.0 Å². The zero-order chi connectivity index (χ0) is 21.4. The zero-order valence-electron chi connectivity index (χ0n) is 16.3. The first-order valence-corrected chi connectivity index (χ1v) is 10.0. The molecule has 0 radical (unpaired) electrons. The van der Waals surface area contributed by atoms with Crippen LogP contribution in [0.5, 0.6) is 11.5 Å². The van der Waals surface area contributed by atoms with Crippen molar-refractivity contribution in [2.45, 2.75) is 6.54 Å². The van der Waals surface area contributed by atoms with E-state index in [0.717, 1.165) is 4.90 Å². The van der Waals surface area contributed by atoms with Gasteiger partial charge in [0.05, 0.1) is 18.4 Å². The van der Waals surface area contributed by atoms with Gasteiger partial charge in [-0.2, -0.15) is 0 Å². The number of hydrogen-bond acceptors (Lipinski definition) is 6. The molecular weight excluding hydrogens is 420 g/mol. The lowest BCUT2D eigenvalue weighted by Gasteiger charge is -2.19. The minimum atomic E-state index is -0.443. The molecule has 0 aliphatic carbocycles. The number of rotatable bonds is 5. The first-order chi connectivity index (χ1) is 15.1. The number of anilines is 1. The van der Waals surface area contributed by atoms with E-state index in [1.165, 1.54) is 6.26 Å². The molecule has 2 amide bonds. The smallest absolute Gasteiger partial charge is 0.278 e.